The largest absolute Gasteiger partial charge is 0.361 e. The molecule has 134 valence electrons. The van der Waals surface area contributed by atoms with E-state index < -0.39 is 0 Å². The third-order valence-electron chi connectivity index (χ3n) is 5.67. The smallest absolute Gasteiger partial charge is 0.0456 e. The molecule has 0 bridgehead atoms. The summed E-state index contributed by atoms with van der Waals surface area (Å²) in [5, 5.41) is 1.40. The average Bonchev–Trinajstić information content (AvgIpc) is 3.17. The number of nitrogens with one attached hydrogen (secondary N) is 1. The standard InChI is InChI=1S/C24H28N2/c1-19-10-11-24-23(12-15-25-24)22(19)9-5-6-16-26-17-13-21(14-18-26)20-7-3-2-4-8-20/h2-4,7-8,10-13,15,25H,5-6,9,14,16-18H2,1H3. The predicted molar refractivity (Wildman–Crippen MR) is 111 cm³/mol. The van der Waals surface area contributed by atoms with Gasteiger partial charge < -0.3 is 4.98 Å². The first-order chi connectivity index (χ1) is 12.8. The number of hydrogen-bond donors (Lipinski definition) is 1. The van der Waals surface area contributed by atoms with E-state index in [1.54, 1.807) is 0 Å². The first-order valence-electron chi connectivity index (χ1n) is 9.83. The topological polar surface area (TPSA) is 19.0 Å². The van der Waals surface area contributed by atoms with Crippen molar-refractivity contribution in [3.8, 4) is 0 Å². The Kier molecular flexibility index (Phi) is 5.21. The maximum Gasteiger partial charge on any atom is 0.0456 e. The van der Waals surface area contributed by atoms with Crippen LogP contribution in [0.15, 0.2) is 60.8 Å². The van der Waals surface area contributed by atoms with Crippen molar-refractivity contribution in [1.29, 1.82) is 0 Å². The molecular weight excluding hydrogens is 316 g/mol. The first-order valence-corrected chi connectivity index (χ1v) is 9.83. The Morgan fingerprint density at radius 3 is 2.69 bits per heavy atom. The van der Waals surface area contributed by atoms with E-state index in [9.17, 15) is 0 Å². The van der Waals surface area contributed by atoms with Crippen LogP contribution in [0.5, 0.6) is 0 Å². The molecule has 0 atom stereocenters. The summed E-state index contributed by atoms with van der Waals surface area (Å²) >= 11 is 0. The fourth-order valence-corrected chi connectivity index (χ4v) is 4.10. The highest BCUT2D eigenvalue weighted by Gasteiger charge is 2.12. The molecule has 1 aromatic heterocycles. The fraction of sp³-hybridized carbons (Fsp3) is 0.333. The number of hydrogen-bond acceptors (Lipinski definition) is 1. The fourth-order valence-electron chi connectivity index (χ4n) is 4.10. The van der Waals surface area contributed by atoms with Gasteiger partial charge in [0, 0.05) is 30.2 Å². The molecule has 0 unspecified atom stereocenters. The summed E-state index contributed by atoms with van der Waals surface area (Å²) < 4.78 is 0. The van der Waals surface area contributed by atoms with Crippen molar-refractivity contribution in [2.45, 2.75) is 32.6 Å². The second-order valence-electron chi connectivity index (χ2n) is 7.40. The minimum absolute atomic E-state index is 1.09. The van der Waals surface area contributed by atoms with Crippen LogP contribution in [0, 0.1) is 6.92 Å². The highest BCUT2D eigenvalue weighted by Crippen LogP contribution is 2.24. The van der Waals surface area contributed by atoms with Crippen LogP contribution in [0.3, 0.4) is 0 Å². The number of rotatable bonds is 6. The van der Waals surface area contributed by atoms with Crippen LogP contribution in [0.4, 0.5) is 0 Å². The molecule has 2 heteroatoms. The van der Waals surface area contributed by atoms with Crippen LogP contribution in [0.25, 0.3) is 16.5 Å². The van der Waals surface area contributed by atoms with Crippen molar-refractivity contribution in [3.05, 3.63) is 77.5 Å². The van der Waals surface area contributed by atoms with Crippen LogP contribution < -0.4 is 0 Å². The molecule has 4 rings (SSSR count). The van der Waals surface area contributed by atoms with E-state index in [0.717, 1.165) is 6.54 Å². The van der Waals surface area contributed by atoms with Gasteiger partial charge in [-0.05, 0) is 73.5 Å². The van der Waals surface area contributed by atoms with Crippen molar-refractivity contribution >= 4 is 16.5 Å². The van der Waals surface area contributed by atoms with Gasteiger partial charge in [-0.15, -0.1) is 0 Å². The molecule has 3 aromatic rings. The molecular formula is C24H28N2. The molecule has 0 radical (unpaired) electrons. The number of unbranched alkanes of at least 4 members (excludes halogenated alkanes) is 1. The molecule has 2 nitrogen and oxygen atoms in total. The molecule has 2 heterocycles. The molecule has 0 aliphatic carbocycles. The van der Waals surface area contributed by atoms with E-state index in [2.05, 4.69) is 77.6 Å². The maximum absolute atomic E-state index is 3.33. The summed E-state index contributed by atoms with van der Waals surface area (Å²) in [6.45, 7) is 5.73. The zero-order valence-electron chi connectivity index (χ0n) is 15.7. The van der Waals surface area contributed by atoms with Crippen LogP contribution in [-0.4, -0.2) is 29.5 Å². The highest BCUT2D eigenvalue weighted by molar-refractivity contribution is 5.84. The number of nitrogens with zero attached hydrogens (tertiary/aromatic N) is 1. The van der Waals surface area contributed by atoms with Gasteiger partial charge in [-0.3, -0.25) is 4.90 Å². The second-order valence-corrected chi connectivity index (χ2v) is 7.40. The third kappa shape index (κ3) is 3.76. The Morgan fingerprint density at radius 2 is 1.88 bits per heavy atom. The molecule has 1 aliphatic rings. The van der Waals surface area contributed by atoms with Gasteiger partial charge in [0.25, 0.3) is 0 Å². The summed E-state index contributed by atoms with van der Waals surface area (Å²) in [5.74, 6) is 0. The number of H-pyrrole nitrogens is 1. The molecule has 0 spiro atoms. The van der Waals surface area contributed by atoms with Gasteiger partial charge in [0.15, 0.2) is 0 Å². The highest BCUT2D eigenvalue weighted by atomic mass is 15.1. The van der Waals surface area contributed by atoms with Crippen LogP contribution in [0.1, 0.15) is 36.0 Å². The van der Waals surface area contributed by atoms with Crippen LogP contribution >= 0.6 is 0 Å². The van der Waals surface area contributed by atoms with Crippen LogP contribution in [-0.2, 0) is 6.42 Å². The van der Waals surface area contributed by atoms with Gasteiger partial charge >= 0.3 is 0 Å². The second kappa shape index (κ2) is 7.92. The van der Waals surface area contributed by atoms with Gasteiger partial charge in [-0.2, -0.15) is 0 Å². The summed E-state index contributed by atoms with van der Waals surface area (Å²) in [5.41, 5.74) is 7.11. The summed E-state index contributed by atoms with van der Waals surface area (Å²) in [6, 6.07) is 17.5. The summed E-state index contributed by atoms with van der Waals surface area (Å²) in [6.07, 6.45) is 9.36. The maximum atomic E-state index is 3.33. The average molecular weight is 345 g/mol. The Hall–Kier alpha value is -2.32. The van der Waals surface area contributed by atoms with Crippen molar-refractivity contribution in [2.24, 2.45) is 0 Å². The normalized spacial score (nSPS) is 15.3. The lowest BCUT2D eigenvalue weighted by Crippen LogP contribution is -2.29. The Morgan fingerprint density at radius 1 is 1.00 bits per heavy atom. The van der Waals surface area contributed by atoms with E-state index in [1.165, 1.54) is 71.9 Å². The zero-order valence-corrected chi connectivity index (χ0v) is 15.7. The lowest BCUT2D eigenvalue weighted by Gasteiger charge is -2.26. The van der Waals surface area contributed by atoms with E-state index in [4.69, 9.17) is 0 Å². The Labute approximate surface area is 156 Å². The number of fused-ring (bicyclic) bond motifs is 1. The number of benzene rings is 2. The van der Waals surface area contributed by atoms with Gasteiger partial charge in [0.05, 0.1) is 0 Å². The third-order valence-corrected chi connectivity index (χ3v) is 5.67. The Balaban J connectivity index is 1.27. The quantitative estimate of drug-likeness (QED) is 0.578. The number of aromatic nitrogens is 1. The van der Waals surface area contributed by atoms with Gasteiger partial charge in [0.2, 0.25) is 0 Å². The number of aryl methyl sites for hydroxylation is 2. The van der Waals surface area contributed by atoms with Crippen molar-refractivity contribution < 1.29 is 0 Å². The minimum Gasteiger partial charge on any atom is -0.361 e. The molecule has 0 amide bonds. The summed E-state index contributed by atoms with van der Waals surface area (Å²) in [4.78, 5) is 5.93. The van der Waals surface area contributed by atoms with E-state index in [1.807, 2.05) is 0 Å². The van der Waals surface area contributed by atoms with Crippen molar-refractivity contribution in [1.82, 2.24) is 9.88 Å². The molecule has 0 saturated carbocycles. The van der Waals surface area contributed by atoms with Gasteiger partial charge in [-0.1, -0.05) is 42.5 Å². The molecule has 0 saturated heterocycles. The minimum atomic E-state index is 1.09. The summed E-state index contributed by atoms with van der Waals surface area (Å²) in [7, 11) is 0. The first kappa shape index (κ1) is 17.1. The number of aromatic amines is 1. The zero-order chi connectivity index (χ0) is 17.8. The monoisotopic (exact) mass is 344 g/mol. The van der Waals surface area contributed by atoms with E-state index in [0.29, 0.717) is 0 Å². The van der Waals surface area contributed by atoms with Crippen molar-refractivity contribution in [2.75, 3.05) is 19.6 Å². The molecule has 0 fully saturated rings. The van der Waals surface area contributed by atoms with Crippen LogP contribution in [0.2, 0.25) is 0 Å². The molecule has 1 aliphatic heterocycles. The van der Waals surface area contributed by atoms with Gasteiger partial charge in [-0.25, -0.2) is 0 Å². The predicted octanol–water partition coefficient (Wildman–Crippen LogP) is 5.59. The lowest BCUT2D eigenvalue weighted by atomic mass is 9.98. The van der Waals surface area contributed by atoms with E-state index >= 15 is 0 Å². The van der Waals surface area contributed by atoms with Gasteiger partial charge in [0.1, 0.15) is 0 Å². The van der Waals surface area contributed by atoms with E-state index in [-0.39, 0.29) is 0 Å². The van der Waals surface area contributed by atoms with Crippen molar-refractivity contribution in [3.63, 3.8) is 0 Å². The lowest BCUT2D eigenvalue weighted by molar-refractivity contribution is 0.295. The molecule has 2 aromatic carbocycles. The SMILES string of the molecule is Cc1ccc2[nH]ccc2c1CCCCN1CC=C(c2ccccc2)CC1. The molecule has 1 N–H and O–H groups in total. The Bertz CT molecular complexity index is 889. The molecule has 26 heavy (non-hydrogen) atoms.